The Morgan fingerprint density at radius 2 is 1.79 bits per heavy atom. The summed E-state index contributed by atoms with van der Waals surface area (Å²) in [5.74, 6) is 1.37. The normalized spacial score (nSPS) is 14.3. The summed E-state index contributed by atoms with van der Waals surface area (Å²) < 4.78 is 20.2. The highest BCUT2D eigenvalue weighted by Gasteiger charge is 2.33. The van der Waals surface area contributed by atoms with Crippen molar-refractivity contribution in [2.45, 2.75) is 19.6 Å². The molecule has 4 aromatic carbocycles. The fourth-order valence-electron chi connectivity index (χ4n) is 5.34. The molecule has 0 bridgehead atoms. The third-order valence-corrected chi connectivity index (χ3v) is 9.74. The summed E-state index contributed by atoms with van der Waals surface area (Å²) >= 11 is 9.78. The zero-order valence-electron chi connectivity index (χ0n) is 25.6. The number of methoxy groups -OCH3 is 2. The molecule has 0 fully saturated rings. The quantitative estimate of drug-likeness (QED) is 0.168. The molecule has 0 spiro atoms. The zero-order valence-corrected chi connectivity index (χ0v) is 29.4. The van der Waals surface area contributed by atoms with Gasteiger partial charge in [0.2, 0.25) is 0 Å². The molecule has 0 saturated carbocycles. The van der Waals surface area contributed by atoms with Gasteiger partial charge in [0.25, 0.3) is 11.5 Å². The minimum atomic E-state index is -0.734. The number of rotatable bonds is 9. The topological polar surface area (TPSA) is 91.2 Å². The Bertz CT molecular complexity index is 2200. The van der Waals surface area contributed by atoms with Crippen LogP contribution in [-0.4, -0.2) is 24.7 Å². The minimum absolute atomic E-state index is 0.271. The van der Waals surface area contributed by atoms with Crippen molar-refractivity contribution in [3.05, 3.63) is 147 Å². The fraction of sp³-hybridized carbons (Fsp3) is 0.139. The number of amides is 1. The van der Waals surface area contributed by atoms with Crippen molar-refractivity contribution in [1.82, 2.24) is 4.57 Å². The second-order valence-electron chi connectivity index (χ2n) is 10.6. The smallest absolute Gasteiger partial charge is 0.271 e. The number of aromatic nitrogens is 1. The van der Waals surface area contributed by atoms with Gasteiger partial charge in [-0.15, -0.1) is 0 Å². The SMILES string of the molecule is COc1cccc([C@H]2C(C(=O)Nc3ccccc3)=C(C)N=c3s/c(=C\c4cc(I)c(OCc5ccccc5Cl)c(OC)c4)c(=O)n32)c1. The molecule has 0 radical (unpaired) electrons. The average molecular weight is 778 g/mol. The van der Waals surface area contributed by atoms with Gasteiger partial charge in [-0.25, -0.2) is 4.99 Å². The van der Waals surface area contributed by atoms with E-state index in [1.165, 1.54) is 11.3 Å². The number of nitrogens with one attached hydrogen (secondary N) is 1. The van der Waals surface area contributed by atoms with Gasteiger partial charge < -0.3 is 19.5 Å². The predicted octanol–water partition coefficient (Wildman–Crippen LogP) is 6.73. The van der Waals surface area contributed by atoms with Crippen LogP contribution in [0.25, 0.3) is 6.08 Å². The number of ether oxygens (including phenoxy) is 3. The third kappa shape index (κ3) is 6.85. The highest BCUT2D eigenvalue weighted by atomic mass is 127. The van der Waals surface area contributed by atoms with Crippen LogP contribution in [0.15, 0.2) is 112 Å². The van der Waals surface area contributed by atoms with E-state index < -0.39 is 6.04 Å². The van der Waals surface area contributed by atoms with Crippen LogP contribution in [0.3, 0.4) is 0 Å². The Labute approximate surface area is 293 Å². The molecule has 2 heterocycles. The summed E-state index contributed by atoms with van der Waals surface area (Å²) in [5.41, 5.74) is 3.59. The van der Waals surface area contributed by atoms with Gasteiger partial charge in [-0.05, 0) is 89.2 Å². The van der Waals surface area contributed by atoms with Crippen LogP contribution < -0.4 is 34.4 Å². The lowest BCUT2D eigenvalue weighted by molar-refractivity contribution is -0.113. The van der Waals surface area contributed by atoms with Gasteiger partial charge in [0.1, 0.15) is 12.4 Å². The van der Waals surface area contributed by atoms with E-state index in [0.29, 0.717) is 48.6 Å². The number of thiazole rings is 1. The van der Waals surface area contributed by atoms with Crippen LogP contribution in [0.5, 0.6) is 17.2 Å². The molecule has 47 heavy (non-hydrogen) atoms. The van der Waals surface area contributed by atoms with Crippen molar-refractivity contribution in [2.75, 3.05) is 19.5 Å². The number of carbonyl (C=O) groups is 1. The monoisotopic (exact) mass is 777 g/mol. The molecule has 1 amide bonds. The number of nitrogens with zero attached hydrogens (tertiary/aromatic N) is 2. The van der Waals surface area contributed by atoms with Crippen molar-refractivity contribution in [3.63, 3.8) is 0 Å². The van der Waals surface area contributed by atoms with Crippen molar-refractivity contribution in [1.29, 1.82) is 0 Å². The summed E-state index contributed by atoms with van der Waals surface area (Å²) in [6.07, 6.45) is 1.80. The molecule has 238 valence electrons. The van der Waals surface area contributed by atoms with Gasteiger partial charge >= 0.3 is 0 Å². The van der Waals surface area contributed by atoms with Crippen molar-refractivity contribution >= 4 is 63.2 Å². The summed E-state index contributed by atoms with van der Waals surface area (Å²) in [5, 5.41) is 3.60. The maximum Gasteiger partial charge on any atom is 0.271 e. The Kier molecular flexibility index (Phi) is 9.81. The number of para-hydroxylation sites is 1. The lowest BCUT2D eigenvalue weighted by atomic mass is 9.95. The number of hydrogen-bond donors (Lipinski definition) is 1. The first-order valence-electron chi connectivity index (χ1n) is 14.5. The molecule has 1 aliphatic rings. The van der Waals surface area contributed by atoms with Crippen molar-refractivity contribution in [3.8, 4) is 17.2 Å². The second-order valence-corrected chi connectivity index (χ2v) is 13.2. The molecule has 1 N–H and O–H groups in total. The summed E-state index contributed by atoms with van der Waals surface area (Å²) in [7, 11) is 3.15. The van der Waals surface area contributed by atoms with E-state index >= 15 is 0 Å². The number of carbonyl (C=O) groups excluding carboxylic acids is 1. The highest BCUT2D eigenvalue weighted by Crippen LogP contribution is 2.36. The number of allylic oxidation sites excluding steroid dienone is 1. The van der Waals surface area contributed by atoms with Crippen LogP contribution in [-0.2, 0) is 11.4 Å². The summed E-state index contributed by atoms with van der Waals surface area (Å²) in [4.78, 5) is 33.3. The highest BCUT2D eigenvalue weighted by molar-refractivity contribution is 14.1. The maximum atomic E-state index is 14.2. The van der Waals surface area contributed by atoms with Crippen LogP contribution >= 0.6 is 45.5 Å². The average Bonchev–Trinajstić information content (AvgIpc) is 3.37. The zero-order chi connectivity index (χ0) is 33.1. The first kappa shape index (κ1) is 32.5. The molecular formula is C36H29ClIN3O5S. The van der Waals surface area contributed by atoms with Crippen molar-refractivity contribution in [2.24, 2.45) is 4.99 Å². The largest absolute Gasteiger partial charge is 0.497 e. The fourth-order valence-corrected chi connectivity index (χ4v) is 7.36. The predicted molar refractivity (Wildman–Crippen MR) is 193 cm³/mol. The first-order chi connectivity index (χ1) is 22.8. The van der Waals surface area contributed by atoms with E-state index in [4.69, 9.17) is 30.8 Å². The molecular weight excluding hydrogens is 749 g/mol. The lowest BCUT2D eigenvalue weighted by Gasteiger charge is -2.25. The lowest BCUT2D eigenvalue weighted by Crippen LogP contribution is -2.40. The molecule has 5 aromatic rings. The van der Waals surface area contributed by atoms with Gasteiger partial charge in [0.15, 0.2) is 16.3 Å². The van der Waals surface area contributed by atoms with Gasteiger partial charge in [0.05, 0.1) is 39.6 Å². The van der Waals surface area contributed by atoms with E-state index in [9.17, 15) is 9.59 Å². The number of halogens is 2. The molecule has 1 aliphatic heterocycles. The molecule has 0 unspecified atom stereocenters. The molecule has 1 atom stereocenters. The Hall–Kier alpha value is -4.39. The number of fused-ring (bicyclic) bond motifs is 1. The standard InChI is InChI=1S/C36H29ClIN3O5S/c1-21-31(34(42)40-25-12-5-4-6-13-25)32(23-11-9-14-26(19-23)44-2)41-35(43)30(47-36(41)39-21)18-22-16-28(38)33(29(17-22)45-3)46-20-24-10-7-8-15-27(24)37/h4-19,32H,20H2,1-3H3,(H,40,42)/b30-18-/t32-/m0/s1. The number of anilines is 1. The second kappa shape index (κ2) is 14.2. The van der Waals surface area contributed by atoms with E-state index in [-0.39, 0.29) is 18.1 Å². The minimum Gasteiger partial charge on any atom is -0.497 e. The molecule has 8 nitrogen and oxygen atoms in total. The van der Waals surface area contributed by atoms with E-state index in [1.54, 1.807) is 31.8 Å². The number of hydrogen-bond acceptors (Lipinski definition) is 7. The molecule has 6 rings (SSSR count). The van der Waals surface area contributed by atoms with Gasteiger partial charge in [0, 0.05) is 16.3 Å². The van der Waals surface area contributed by atoms with E-state index in [0.717, 1.165) is 20.3 Å². The van der Waals surface area contributed by atoms with Crippen LogP contribution in [0, 0.1) is 3.57 Å². The summed E-state index contributed by atoms with van der Waals surface area (Å²) in [6.45, 7) is 2.06. The van der Waals surface area contributed by atoms with Crippen LogP contribution in [0.2, 0.25) is 5.02 Å². The van der Waals surface area contributed by atoms with Gasteiger partial charge in [-0.3, -0.25) is 14.2 Å². The molecule has 1 aromatic heterocycles. The molecule has 11 heteroatoms. The van der Waals surface area contributed by atoms with Gasteiger partial charge in [-0.1, -0.05) is 71.5 Å². The molecule has 0 aliphatic carbocycles. The Morgan fingerprint density at radius 3 is 2.53 bits per heavy atom. The first-order valence-corrected chi connectivity index (χ1v) is 16.8. The maximum absolute atomic E-state index is 14.2. The number of benzene rings is 4. The third-order valence-electron chi connectivity index (χ3n) is 7.59. The van der Waals surface area contributed by atoms with Gasteiger partial charge in [-0.2, -0.15) is 0 Å². The Balaban J connectivity index is 1.42. The Morgan fingerprint density at radius 1 is 1.02 bits per heavy atom. The van der Waals surface area contributed by atoms with Crippen LogP contribution in [0.4, 0.5) is 5.69 Å². The summed E-state index contributed by atoms with van der Waals surface area (Å²) in [6, 6.07) is 27.1. The molecule has 0 saturated heterocycles. The van der Waals surface area contributed by atoms with Crippen molar-refractivity contribution < 1.29 is 19.0 Å². The van der Waals surface area contributed by atoms with E-state index in [2.05, 4.69) is 27.9 Å². The van der Waals surface area contributed by atoms with Crippen LogP contribution in [0.1, 0.15) is 29.7 Å². The van der Waals surface area contributed by atoms with E-state index in [1.807, 2.05) is 91.0 Å².